The smallest absolute Gasteiger partial charge is 0.237 e. The molecule has 2 aliphatic heterocycles. The standard InChI is InChI=1S/C16H31N3O3S/c1-4-12-23(21,22)19-10-6-13(7-11-19)18-15(20)14-16(2,3)8-5-9-17-14/h13-14,17H,4-12H2,1-3H3,(H,18,20). The highest BCUT2D eigenvalue weighted by atomic mass is 32.2. The van der Waals surface area contributed by atoms with Gasteiger partial charge in [-0.25, -0.2) is 12.7 Å². The molecule has 0 aromatic carbocycles. The third-order valence-electron chi connectivity index (χ3n) is 5.05. The van der Waals surface area contributed by atoms with Gasteiger partial charge in [0, 0.05) is 19.1 Å². The van der Waals surface area contributed by atoms with Crippen LogP contribution in [0.3, 0.4) is 0 Å². The van der Waals surface area contributed by atoms with E-state index in [4.69, 9.17) is 0 Å². The summed E-state index contributed by atoms with van der Waals surface area (Å²) >= 11 is 0. The summed E-state index contributed by atoms with van der Waals surface area (Å²) in [6.45, 7) is 8.04. The number of nitrogens with zero attached hydrogens (tertiary/aromatic N) is 1. The van der Waals surface area contributed by atoms with Crippen LogP contribution in [0.2, 0.25) is 0 Å². The van der Waals surface area contributed by atoms with Crippen molar-refractivity contribution in [2.45, 2.75) is 65.0 Å². The monoisotopic (exact) mass is 345 g/mol. The van der Waals surface area contributed by atoms with Crippen molar-refractivity contribution in [3.8, 4) is 0 Å². The first-order chi connectivity index (χ1) is 10.8. The Labute approximate surface area is 140 Å². The van der Waals surface area contributed by atoms with E-state index in [-0.39, 0.29) is 29.2 Å². The summed E-state index contributed by atoms with van der Waals surface area (Å²) in [6, 6.07) is -0.0757. The zero-order valence-electron chi connectivity index (χ0n) is 14.6. The molecule has 0 aromatic heterocycles. The summed E-state index contributed by atoms with van der Waals surface area (Å²) < 4.78 is 25.7. The lowest BCUT2D eigenvalue weighted by atomic mass is 9.77. The molecule has 1 amide bonds. The minimum Gasteiger partial charge on any atom is -0.352 e. The quantitative estimate of drug-likeness (QED) is 0.782. The Bertz CT molecular complexity index is 511. The number of sulfonamides is 1. The second-order valence-corrected chi connectivity index (χ2v) is 9.57. The third-order valence-corrected chi connectivity index (χ3v) is 7.12. The van der Waals surface area contributed by atoms with Crippen LogP contribution in [-0.4, -0.2) is 56.1 Å². The van der Waals surface area contributed by atoms with Crippen LogP contribution in [0.15, 0.2) is 0 Å². The lowest BCUT2D eigenvalue weighted by Gasteiger charge is -2.39. The van der Waals surface area contributed by atoms with Crippen LogP contribution >= 0.6 is 0 Å². The van der Waals surface area contributed by atoms with Crippen molar-refractivity contribution < 1.29 is 13.2 Å². The Morgan fingerprint density at radius 3 is 2.52 bits per heavy atom. The summed E-state index contributed by atoms with van der Waals surface area (Å²) in [5.74, 6) is 0.272. The zero-order valence-corrected chi connectivity index (χ0v) is 15.4. The van der Waals surface area contributed by atoms with E-state index >= 15 is 0 Å². The summed E-state index contributed by atoms with van der Waals surface area (Å²) in [5, 5.41) is 6.46. The predicted molar refractivity (Wildman–Crippen MR) is 91.6 cm³/mol. The molecular formula is C16H31N3O3S. The third kappa shape index (κ3) is 4.67. The van der Waals surface area contributed by atoms with Crippen molar-refractivity contribution in [1.29, 1.82) is 0 Å². The zero-order chi connectivity index (χ0) is 17.1. The molecule has 2 heterocycles. The van der Waals surface area contributed by atoms with Crippen molar-refractivity contribution in [3.05, 3.63) is 0 Å². The van der Waals surface area contributed by atoms with Crippen LogP contribution in [0, 0.1) is 5.41 Å². The molecule has 2 rings (SSSR count). The second kappa shape index (κ2) is 7.49. The minimum absolute atomic E-state index is 0.0342. The largest absolute Gasteiger partial charge is 0.352 e. The van der Waals surface area contributed by atoms with Gasteiger partial charge in [-0.15, -0.1) is 0 Å². The fourth-order valence-corrected chi connectivity index (χ4v) is 5.15. The Balaban J connectivity index is 1.85. The SMILES string of the molecule is CCCS(=O)(=O)N1CCC(NC(=O)C2NCCCC2(C)C)CC1. The molecule has 0 aliphatic carbocycles. The Morgan fingerprint density at radius 2 is 1.96 bits per heavy atom. The molecule has 6 nitrogen and oxygen atoms in total. The van der Waals surface area contributed by atoms with Crippen molar-refractivity contribution in [1.82, 2.24) is 14.9 Å². The number of hydrogen-bond donors (Lipinski definition) is 2. The van der Waals surface area contributed by atoms with E-state index in [2.05, 4.69) is 24.5 Å². The Kier molecular flexibility index (Phi) is 6.08. The van der Waals surface area contributed by atoms with Crippen LogP contribution in [-0.2, 0) is 14.8 Å². The van der Waals surface area contributed by atoms with Crippen LogP contribution in [0.1, 0.15) is 52.9 Å². The van der Waals surface area contributed by atoms with E-state index in [1.807, 2.05) is 6.92 Å². The molecule has 1 unspecified atom stereocenters. The van der Waals surface area contributed by atoms with Crippen molar-refractivity contribution in [2.24, 2.45) is 5.41 Å². The fourth-order valence-electron chi connectivity index (χ4n) is 3.61. The number of hydrogen-bond acceptors (Lipinski definition) is 4. The molecule has 134 valence electrons. The van der Waals surface area contributed by atoms with E-state index in [1.165, 1.54) is 0 Å². The van der Waals surface area contributed by atoms with E-state index in [1.54, 1.807) is 4.31 Å². The first kappa shape index (κ1) is 18.7. The summed E-state index contributed by atoms with van der Waals surface area (Å²) in [4.78, 5) is 12.6. The van der Waals surface area contributed by atoms with Gasteiger partial charge in [0.1, 0.15) is 0 Å². The molecular weight excluding hydrogens is 314 g/mol. The molecule has 23 heavy (non-hydrogen) atoms. The number of nitrogens with one attached hydrogen (secondary N) is 2. The maximum Gasteiger partial charge on any atom is 0.237 e. The van der Waals surface area contributed by atoms with E-state index in [0.29, 0.717) is 32.4 Å². The summed E-state index contributed by atoms with van der Waals surface area (Å²) in [6.07, 6.45) is 4.18. The minimum atomic E-state index is -3.12. The van der Waals surface area contributed by atoms with Gasteiger partial charge < -0.3 is 10.6 Å². The average Bonchev–Trinajstić information content (AvgIpc) is 2.47. The summed E-state index contributed by atoms with van der Waals surface area (Å²) in [5.41, 5.74) is -0.0342. The number of amides is 1. The summed E-state index contributed by atoms with van der Waals surface area (Å²) in [7, 11) is -3.12. The molecule has 0 bridgehead atoms. The van der Waals surface area contributed by atoms with Gasteiger partial charge in [0.05, 0.1) is 11.8 Å². The van der Waals surface area contributed by atoms with E-state index in [9.17, 15) is 13.2 Å². The maximum atomic E-state index is 12.6. The molecule has 2 aliphatic rings. The number of piperidine rings is 2. The number of carbonyl (C=O) groups excluding carboxylic acids is 1. The van der Waals surface area contributed by atoms with Gasteiger partial charge in [-0.05, 0) is 44.1 Å². The highest BCUT2D eigenvalue weighted by Gasteiger charge is 2.38. The molecule has 0 aromatic rings. The van der Waals surface area contributed by atoms with Crippen LogP contribution in [0.4, 0.5) is 0 Å². The average molecular weight is 346 g/mol. The van der Waals surface area contributed by atoms with Crippen LogP contribution in [0.5, 0.6) is 0 Å². The highest BCUT2D eigenvalue weighted by molar-refractivity contribution is 7.89. The molecule has 0 saturated carbocycles. The van der Waals surface area contributed by atoms with Gasteiger partial charge >= 0.3 is 0 Å². The number of carbonyl (C=O) groups is 1. The van der Waals surface area contributed by atoms with Crippen LogP contribution < -0.4 is 10.6 Å². The molecule has 2 N–H and O–H groups in total. The van der Waals surface area contributed by atoms with Gasteiger partial charge in [0.25, 0.3) is 0 Å². The van der Waals surface area contributed by atoms with Gasteiger partial charge in [0.2, 0.25) is 15.9 Å². The first-order valence-electron chi connectivity index (χ1n) is 8.78. The number of rotatable bonds is 5. The maximum absolute atomic E-state index is 12.6. The predicted octanol–water partition coefficient (Wildman–Crippen LogP) is 1.09. The Hall–Kier alpha value is -0.660. The molecule has 2 fully saturated rings. The molecule has 0 radical (unpaired) electrons. The highest BCUT2D eigenvalue weighted by Crippen LogP contribution is 2.30. The van der Waals surface area contributed by atoms with Gasteiger partial charge in [0.15, 0.2) is 0 Å². The normalized spacial score (nSPS) is 26.8. The van der Waals surface area contributed by atoms with Gasteiger partial charge in [-0.2, -0.15) is 0 Å². The lowest BCUT2D eigenvalue weighted by molar-refractivity contribution is -0.127. The van der Waals surface area contributed by atoms with E-state index < -0.39 is 10.0 Å². The molecule has 2 saturated heterocycles. The first-order valence-corrected chi connectivity index (χ1v) is 10.4. The Morgan fingerprint density at radius 1 is 1.30 bits per heavy atom. The molecule has 7 heteroatoms. The van der Waals surface area contributed by atoms with Crippen molar-refractivity contribution >= 4 is 15.9 Å². The topological polar surface area (TPSA) is 78.5 Å². The van der Waals surface area contributed by atoms with E-state index in [0.717, 1.165) is 19.4 Å². The van der Waals surface area contributed by atoms with Gasteiger partial charge in [-0.3, -0.25) is 4.79 Å². The van der Waals surface area contributed by atoms with Crippen LogP contribution in [0.25, 0.3) is 0 Å². The lowest BCUT2D eigenvalue weighted by Crippen LogP contribution is -2.58. The fraction of sp³-hybridized carbons (Fsp3) is 0.938. The molecule has 1 atom stereocenters. The second-order valence-electron chi connectivity index (χ2n) is 7.48. The van der Waals surface area contributed by atoms with Gasteiger partial charge in [-0.1, -0.05) is 20.8 Å². The molecule has 0 spiro atoms. The van der Waals surface area contributed by atoms with Crippen molar-refractivity contribution in [2.75, 3.05) is 25.4 Å². The van der Waals surface area contributed by atoms with Crippen molar-refractivity contribution in [3.63, 3.8) is 0 Å².